The van der Waals surface area contributed by atoms with Gasteiger partial charge in [0.15, 0.2) is 6.73 Å². The number of unbranched alkanes of at least 4 members (excludes halogenated alkanes) is 2. The molecule has 0 aliphatic carbocycles. The SMILES string of the molecule is CCc1cccc(C(=O)OCNC(=O)CCCCCN)c1OC(=O)C(F)(F)F. The van der Waals surface area contributed by atoms with Gasteiger partial charge in [-0.05, 0) is 37.4 Å². The molecule has 7 nitrogen and oxygen atoms in total. The van der Waals surface area contributed by atoms with E-state index in [9.17, 15) is 27.6 Å². The molecule has 0 radical (unpaired) electrons. The van der Waals surface area contributed by atoms with Crippen LogP contribution in [0.25, 0.3) is 0 Å². The van der Waals surface area contributed by atoms with Gasteiger partial charge in [-0.3, -0.25) is 4.79 Å². The second-order valence-corrected chi connectivity index (χ2v) is 5.81. The molecule has 1 amide bonds. The van der Waals surface area contributed by atoms with Crippen molar-refractivity contribution in [1.82, 2.24) is 5.32 Å². The zero-order valence-corrected chi connectivity index (χ0v) is 15.4. The molecule has 0 atom stereocenters. The zero-order valence-electron chi connectivity index (χ0n) is 15.4. The first-order valence-corrected chi connectivity index (χ1v) is 8.75. The van der Waals surface area contributed by atoms with Crippen molar-refractivity contribution in [2.75, 3.05) is 13.3 Å². The van der Waals surface area contributed by atoms with Crippen LogP contribution >= 0.6 is 0 Å². The van der Waals surface area contributed by atoms with Crippen molar-refractivity contribution in [2.24, 2.45) is 5.73 Å². The van der Waals surface area contributed by atoms with E-state index in [0.717, 1.165) is 12.8 Å². The standard InChI is InChI=1S/C18H23F3N2O5/c1-2-12-7-6-8-13(15(12)28-17(26)18(19,20)21)16(25)27-11-23-14(24)9-4-3-5-10-22/h6-8H,2-5,9-11,22H2,1H3,(H,23,24). The second kappa shape index (κ2) is 11.3. The average molecular weight is 404 g/mol. The van der Waals surface area contributed by atoms with Gasteiger partial charge in [-0.25, -0.2) is 9.59 Å². The maximum atomic E-state index is 12.5. The van der Waals surface area contributed by atoms with Crippen LogP contribution in [0.5, 0.6) is 5.75 Å². The number of rotatable bonds is 10. The summed E-state index contributed by atoms with van der Waals surface area (Å²) in [7, 11) is 0. The Bertz CT molecular complexity index is 692. The van der Waals surface area contributed by atoms with Crippen LogP contribution in [-0.4, -0.2) is 37.3 Å². The number of esters is 2. The van der Waals surface area contributed by atoms with Gasteiger partial charge in [0.25, 0.3) is 0 Å². The molecule has 28 heavy (non-hydrogen) atoms. The van der Waals surface area contributed by atoms with Gasteiger partial charge in [0, 0.05) is 6.42 Å². The third-order valence-corrected chi connectivity index (χ3v) is 3.70. The molecule has 0 fully saturated rings. The Kier molecular flexibility index (Phi) is 9.43. The van der Waals surface area contributed by atoms with Crippen LogP contribution in [-0.2, 0) is 20.7 Å². The molecule has 0 saturated heterocycles. The Morgan fingerprint density at radius 1 is 1.14 bits per heavy atom. The average Bonchev–Trinajstić information content (AvgIpc) is 2.64. The molecule has 0 aliphatic heterocycles. The number of benzene rings is 1. The molecule has 156 valence electrons. The van der Waals surface area contributed by atoms with Crippen LogP contribution in [0.2, 0.25) is 0 Å². The highest BCUT2D eigenvalue weighted by Gasteiger charge is 2.42. The fourth-order valence-corrected chi connectivity index (χ4v) is 2.25. The first kappa shape index (κ1) is 23.4. The van der Waals surface area contributed by atoms with E-state index in [1.165, 1.54) is 18.2 Å². The van der Waals surface area contributed by atoms with Crippen molar-refractivity contribution in [3.63, 3.8) is 0 Å². The third kappa shape index (κ3) is 7.55. The summed E-state index contributed by atoms with van der Waals surface area (Å²) in [5.74, 6) is -4.31. The van der Waals surface area contributed by atoms with Crippen molar-refractivity contribution in [1.29, 1.82) is 0 Å². The monoisotopic (exact) mass is 404 g/mol. The summed E-state index contributed by atoms with van der Waals surface area (Å²) in [6.07, 6.45) is -2.53. The van der Waals surface area contributed by atoms with Crippen LogP contribution < -0.4 is 15.8 Å². The number of aryl methyl sites for hydroxylation is 1. The Balaban J connectivity index is 2.72. The summed E-state index contributed by atoms with van der Waals surface area (Å²) in [6, 6.07) is 4.03. The third-order valence-electron chi connectivity index (χ3n) is 3.70. The molecule has 1 aromatic carbocycles. The number of nitrogens with two attached hydrogens (primary N) is 1. The molecule has 1 aromatic rings. The molecule has 0 aromatic heterocycles. The minimum absolute atomic E-state index is 0.223. The lowest BCUT2D eigenvalue weighted by Crippen LogP contribution is -2.30. The quantitative estimate of drug-likeness (QED) is 0.268. The van der Waals surface area contributed by atoms with Gasteiger partial charge >= 0.3 is 18.1 Å². The molecule has 0 saturated carbocycles. The van der Waals surface area contributed by atoms with Gasteiger partial charge in [-0.15, -0.1) is 0 Å². The van der Waals surface area contributed by atoms with Gasteiger partial charge in [0.05, 0.1) is 0 Å². The zero-order chi connectivity index (χ0) is 21.2. The van der Waals surface area contributed by atoms with E-state index < -0.39 is 30.6 Å². The van der Waals surface area contributed by atoms with Crippen LogP contribution in [0.4, 0.5) is 13.2 Å². The van der Waals surface area contributed by atoms with E-state index in [4.69, 9.17) is 10.5 Å². The van der Waals surface area contributed by atoms with Crippen LogP contribution in [0.15, 0.2) is 18.2 Å². The van der Waals surface area contributed by atoms with Gasteiger partial charge in [-0.1, -0.05) is 25.5 Å². The number of ether oxygens (including phenoxy) is 2. The van der Waals surface area contributed by atoms with E-state index >= 15 is 0 Å². The predicted octanol–water partition coefficient (Wildman–Crippen LogP) is 2.47. The summed E-state index contributed by atoms with van der Waals surface area (Å²) >= 11 is 0. The van der Waals surface area contributed by atoms with E-state index in [1.807, 2.05) is 0 Å². The van der Waals surface area contributed by atoms with Gasteiger partial charge in [0.1, 0.15) is 11.3 Å². The molecule has 0 spiro atoms. The lowest BCUT2D eigenvalue weighted by Gasteiger charge is -2.14. The molecular weight excluding hydrogens is 381 g/mol. The number of alkyl halides is 3. The summed E-state index contributed by atoms with van der Waals surface area (Å²) in [5, 5.41) is 2.37. The fourth-order valence-electron chi connectivity index (χ4n) is 2.25. The lowest BCUT2D eigenvalue weighted by molar-refractivity contribution is -0.189. The predicted molar refractivity (Wildman–Crippen MR) is 93.5 cm³/mol. The maximum Gasteiger partial charge on any atom is 0.491 e. The highest BCUT2D eigenvalue weighted by molar-refractivity contribution is 5.94. The Labute approximate surface area is 160 Å². The summed E-state index contributed by atoms with van der Waals surface area (Å²) in [5.41, 5.74) is 5.24. The van der Waals surface area contributed by atoms with Crippen LogP contribution in [0.1, 0.15) is 48.5 Å². The van der Waals surface area contributed by atoms with Crippen molar-refractivity contribution < 1.29 is 37.0 Å². The topological polar surface area (TPSA) is 108 Å². The van der Waals surface area contributed by atoms with E-state index in [0.29, 0.717) is 13.0 Å². The first-order valence-electron chi connectivity index (χ1n) is 8.75. The molecular formula is C18H23F3N2O5. The van der Waals surface area contributed by atoms with Gasteiger partial charge in [0.2, 0.25) is 5.91 Å². The number of halogens is 3. The second-order valence-electron chi connectivity index (χ2n) is 5.81. The molecule has 0 bridgehead atoms. The number of carbonyl (C=O) groups excluding carboxylic acids is 3. The molecule has 10 heteroatoms. The molecule has 1 rings (SSSR count). The van der Waals surface area contributed by atoms with Crippen molar-refractivity contribution in [3.05, 3.63) is 29.3 Å². The fraction of sp³-hybridized carbons (Fsp3) is 0.500. The number of carbonyl (C=O) groups is 3. The summed E-state index contributed by atoms with van der Waals surface area (Å²) < 4.78 is 46.8. The van der Waals surface area contributed by atoms with Crippen molar-refractivity contribution in [2.45, 2.75) is 45.2 Å². The molecule has 0 aliphatic rings. The number of amides is 1. The van der Waals surface area contributed by atoms with E-state index in [1.54, 1.807) is 6.92 Å². The lowest BCUT2D eigenvalue weighted by atomic mass is 10.1. The highest BCUT2D eigenvalue weighted by Crippen LogP contribution is 2.28. The Morgan fingerprint density at radius 3 is 2.46 bits per heavy atom. The van der Waals surface area contributed by atoms with Crippen molar-refractivity contribution in [3.8, 4) is 5.75 Å². The Morgan fingerprint density at radius 2 is 1.86 bits per heavy atom. The molecule has 3 N–H and O–H groups in total. The van der Waals surface area contributed by atoms with Crippen molar-refractivity contribution >= 4 is 17.8 Å². The number of para-hydroxylation sites is 1. The first-order chi connectivity index (χ1) is 13.2. The maximum absolute atomic E-state index is 12.5. The minimum atomic E-state index is -5.21. The molecule has 0 unspecified atom stereocenters. The van der Waals surface area contributed by atoms with Crippen LogP contribution in [0.3, 0.4) is 0 Å². The van der Waals surface area contributed by atoms with Crippen LogP contribution in [0, 0.1) is 0 Å². The van der Waals surface area contributed by atoms with E-state index in [2.05, 4.69) is 10.1 Å². The van der Waals surface area contributed by atoms with Gasteiger partial charge < -0.3 is 20.5 Å². The van der Waals surface area contributed by atoms with Gasteiger partial charge in [-0.2, -0.15) is 13.2 Å². The molecule has 0 heterocycles. The number of nitrogens with one attached hydrogen (secondary N) is 1. The normalized spacial score (nSPS) is 11.0. The smallest absolute Gasteiger partial charge is 0.441 e. The minimum Gasteiger partial charge on any atom is -0.441 e. The summed E-state index contributed by atoms with van der Waals surface area (Å²) in [6.45, 7) is 1.70. The highest BCUT2D eigenvalue weighted by atomic mass is 19.4. The van der Waals surface area contributed by atoms with E-state index in [-0.39, 0.29) is 29.9 Å². The number of hydrogen-bond acceptors (Lipinski definition) is 6. The summed E-state index contributed by atoms with van der Waals surface area (Å²) in [4.78, 5) is 35.0. The number of hydrogen-bond donors (Lipinski definition) is 2. The Hall–Kier alpha value is -2.62. The largest absolute Gasteiger partial charge is 0.491 e.